The van der Waals surface area contributed by atoms with Gasteiger partial charge in [-0.1, -0.05) is 0 Å². The number of nitrogens with one attached hydrogen (secondary N) is 1. The van der Waals surface area contributed by atoms with Crippen LogP contribution in [0.5, 0.6) is 0 Å². The summed E-state index contributed by atoms with van der Waals surface area (Å²) >= 11 is 0. The molecule has 2 heterocycles. The summed E-state index contributed by atoms with van der Waals surface area (Å²) in [4.78, 5) is 0. The number of hydrogen-bond acceptors (Lipinski definition) is 3. The van der Waals surface area contributed by atoms with Crippen molar-refractivity contribution < 1.29 is 9.47 Å². The number of rotatable bonds is 3. The summed E-state index contributed by atoms with van der Waals surface area (Å²) in [5.74, 6) is 0.890. The fraction of sp³-hybridized carbons (Fsp3) is 1.00. The molecule has 2 atom stereocenters. The van der Waals surface area contributed by atoms with E-state index < -0.39 is 0 Å². The summed E-state index contributed by atoms with van der Waals surface area (Å²) in [6.07, 6.45) is 6.16. The second-order valence-electron chi connectivity index (χ2n) is 6.66. The maximum absolute atomic E-state index is 5.98. The molecule has 17 heavy (non-hydrogen) atoms. The van der Waals surface area contributed by atoms with Gasteiger partial charge < -0.3 is 14.8 Å². The predicted molar refractivity (Wildman–Crippen MR) is 67.1 cm³/mol. The maximum atomic E-state index is 5.98. The van der Waals surface area contributed by atoms with E-state index in [-0.39, 0.29) is 5.60 Å². The van der Waals surface area contributed by atoms with Crippen molar-refractivity contribution in [3.8, 4) is 0 Å². The van der Waals surface area contributed by atoms with Crippen LogP contribution < -0.4 is 5.32 Å². The van der Waals surface area contributed by atoms with E-state index in [4.69, 9.17) is 9.47 Å². The van der Waals surface area contributed by atoms with Gasteiger partial charge in [0.05, 0.1) is 12.2 Å². The molecule has 0 bridgehead atoms. The Morgan fingerprint density at radius 2 is 2.00 bits per heavy atom. The van der Waals surface area contributed by atoms with Crippen LogP contribution in [-0.4, -0.2) is 37.0 Å². The molecule has 1 aliphatic carbocycles. The van der Waals surface area contributed by atoms with Crippen LogP contribution in [0.2, 0.25) is 0 Å². The van der Waals surface area contributed by atoms with E-state index in [1.165, 1.54) is 12.8 Å². The predicted octanol–water partition coefficient (Wildman–Crippen LogP) is 2.10. The third kappa shape index (κ3) is 2.51. The lowest BCUT2D eigenvalue weighted by molar-refractivity contribution is -0.0921. The SMILES string of the molecule is CC(C)(NC1CCOC2(CCOC2)C1)C1CC1. The second-order valence-corrected chi connectivity index (χ2v) is 6.66. The van der Waals surface area contributed by atoms with Gasteiger partial charge in [-0.05, 0) is 45.4 Å². The molecule has 0 aromatic carbocycles. The zero-order chi connectivity index (χ0) is 11.9. The zero-order valence-corrected chi connectivity index (χ0v) is 11.1. The van der Waals surface area contributed by atoms with Gasteiger partial charge in [0, 0.05) is 31.2 Å². The topological polar surface area (TPSA) is 30.5 Å². The van der Waals surface area contributed by atoms with Crippen LogP contribution in [-0.2, 0) is 9.47 Å². The Morgan fingerprint density at radius 1 is 1.18 bits per heavy atom. The van der Waals surface area contributed by atoms with Crippen LogP contribution >= 0.6 is 0 Å². The molecule has 1 spiro atoms. The van der Waals surface area contributed by atoms with Crippen LogP contribution in [0, 0.1) is 5.92 Å². The van der Waals surface area contributed by atoms with E-state index in [1.54, 1.807) is 0 Å². The first kappa shape index (κ1) is 11.9. The normalized spacial score (nSPS) is 38.8. The first-order valence-electron chi connectivity index (χ1n) is 7.09. The standard InChI is InChI=1S/C14H25NO2/c1-13(2,11-3-4-11)15-12-5-7-17-14(9-12)6-8-16-10-14/h11-12,15H,3-10H2,1-2H3. The molecular weight excluding hydrogens is 214 g/mol. The molecule has 2 saturated heterocycles. The lowest BCUT2D eigenvalue weighted by Crippen LogP contribution is -2.54. The summed E-state index contributed by atoms with van der Waals surface area (Å²) in [5, 5.41) is 3.87. The number of ether oxygens (including phenoxy) is 2. The smallest absolute Gasteiger partial charge is 0.0951 e. The van der Waals surface area contributed by atoms with E-state index in [1.807, 2.05) is 0 Å². The molecule has 0 amide bonds. The minimum atomic E-state index is 0.0372. The van der Waals surface area contributed by atoms with Crippen LogP contribution in [0.1, 0.15) is 46.0 Å². The molecule has 3 rings (SSSR count). The summed E-state index contributed by atoms with van der Waals surface area (Å²) in [7, 11) is 0. The summed E-state index contributed by atoms with van der Waals surface area (Å²) in [6, 6.07) is 0.612. The molecular formula is C14H25NO2. The van der Waals surface area contributed by atoms with Gasteiger partial charge in [0.1, 0.15) is 0 Å². The van der Waals surface area contributed by atoms with Crippen molar-refractivity contribution in [2.75, 3.05) is 19.8 Å². The van der Waals surface area contributed by atoms with Gasteiger partial charge in [0.15, 0.2) is 0 Å². The van der Waals surface area contributed by atoms with Crippen LogP contribution in [0.15, 0.2) is 0 Å². The molecule has 1 saturated carbocycles. The van der Waals surface area contributed by atoms with E-state index in [0.29, 0.717) is 11.6 Å². The fourth-order valence-electron chi connectivity index (χ4n) is 3.46. The van der Waals surface area contributed by atoms with Crippen molar-refractivity contribution in [1.82, 2.24) is 5.32 Å². The van der Waals surface area contributed by atoms with Gasteiger partial charge in [-0.3, -0.25) is 0 Å². The molecule has 0 radical (unpaired) electrons. The maximum Gasteiger partial charge on any atom is 0.0951 e. The van der Waals surface area contributed by atoms with Crippen LogP contribution in [0.25, 0.3) is 0 Å². The van der Waals surface area contributed by atoms with Gasteiger partial charge >= 0.3 is 0 Å². The van der Waals surface area contributed by atoms with E-state index >= 15 is 0 Å². The van der Waals surface area contributed by atoms with Gasteiger partial charge in [0.2, 0.25) is 0 Å². The van der Waals surface area contributed by atoms with Crippen molar-refractivity contribution in [3.05, 3.63) is 0 Å². The van der Waals surface area contributed by atoms with E-state index in [2.05, 4.69) is 19.2 Å². The lowest BCUT2D eigenvalue weighted by Gasteiger charge is -2.41. The molecule has 3 nitrogen and oxygen atoms in total. The Kier molecular flexibility index (Phi) is 2.96. The molecule has 3 fully saturated rings. The highest BCUT2D eigenvalue weighted by atomic mass is 16.6. The van der Waals surface area contributed by atoms with Crippen LogP contribution in [0.3, 0.4) is 0 Å². The highest BCUT2D eigenvalue weighted by Gasteiger charge is 2.44. The fourth-order valence-corrected chi connectivity index (χ4v) is 3.46. The van der Waals surface area contributed by atoms with Crippen LogP contribution in [0.4, 0.5) is 0 Å². The minimum absolute atomic E-state index is 0.0372. The molecule has 98 valence electrons. The van der Waals surface area contributed by atoms with Crippen molar-refractivity contribution in [3.63, 3.8) is 0 Å². The molecule has 1 N–H and O–H groups in total. The largest absolute Gasteiger partial charge is 0.378 e. The minimum Gasteiger partial charge on any atom is -0.378 e. The Bertz CT molecular complexity index is 278. The van der Waals surface area contributed by atoms with Gasteiger partial charge in [-0.2, -0.15) is 0 Å². The van der Waals surface area contributed by atoms with Gasteiger partial charge in [-0.25, -0.2) is 0 Å². The third-order valence-electron chi connectivity index (χ3n) is 4.73. The zero-order valence-electron chi connectivity index (χ0n) is 11.1. The lowest BCUT2D eigenvalue weighted by atomic mass is 9.87. The average Bonchev–Trinajstić information content (AvgIpc) is 3.04. The molecule has 3 heteroatoms. The molecule has 2 unspecified atom stereocenters. The molecule has 2 aliphatic heterocycles. The Balaban J connectivity index is 1.60. The first-order valence-corrected chi connectivity index (χ1v) is 7.09. The molecule has 0 aromatic rings. The summed E-state index contributed by atoms with van der Waals surface area (Å²) < 4.78 is 11.5. The quantitative estimate of drug-likeness (QED) is 0.818. The van der Waals surface area contributed by atoms with Crippen molar-refractivity contribution in [2.45, 2.75) is 63.1 Å². The van der Waals surface area contributed by atoms with E-state index in [0.717, 1.165) is 45.0 Å². The van der Waals surface area contributed by atoms with Crippen molar-refractivity contribution in [2.24, 2.45) is 5.92 Å². The highest BCUT2D eigenvalue weighted by molar-refractivity contribution is 4.99. The number of hydrogen-bond donors (Lipinski definition) is 1. The first-order chi connectivity index (χ1) is 8.10. The average molecular weight is 239 g/mol. The molecule has 0 aromatic heterocycles. The highest BCUT2D eigenvalue weighted by Crippen LogP contribution is 2.41. The molecule has 3 aliphatic rings. The monoisotopic (exact) mass is 239 g/mol. The van der Waals surface area contributed by atoms with Gasteiger partial charge in [-0.15, -0.1) is 0 Å². The summed E-state index contributed by atoms with van der Waals surface area (Å²) in [5.41, 5.74) is 0.345. The van der Waals surface area contributed by atoms with Gasteiger partial charge in [0.25, 0.3) is 0 Å². The Morgan fingerprint density at radius 3 is 2.65 bits per heavy atom. The van der Waals surface area contributed by atoms with Crippen molar-refractivity contribution >= 4 is 0 Å². The van der Waals surface area contributed by atoms with Crippen molar-refractivity contribution in [1.29, 1.82) is 0 Å². The van der Waals surface area contributed by atoms with E-state index in [9.17, 15) is 0 Å². The Hall–Kier alpha value is -0.120. The summed E-state index contributed by atoms with van der Waals surface area (Å²) in [6.45, 7) is 7.28. The Labute approximate surface area is 104 Å². The second kappa shape index (κ2) is 4.22. The third-order valence-corrected chi connectivity index (χ3v) is 4.73.